The van der Waals surface area contributed by atoms with Gasteiger partial charge in [0.05, 0.1) is 19.5 Å². The average Bonchev–Trinajstić information content (AvgIpc) is 3.36. The van der Waals surface area contributed by atoms with Crippen LogP contribution in [0.15, 0.2) is 48.5 Å². The van der Waals surface area contributed by atoms with E-state index in [-0.39, 0.29) is 12.4 Å². The Morgan fingerprint density at radius 2 is 1.72 bits per heavy atom. The predicted octanol–water partition coefficient (Wildman–Crippen LogP) is 4.18. The standard InChI is InChI=1S/C21H23FN4O2S/c1-27-16-8-10-17(11-9-16)28-14-20-23-25(15-24-12-4-5-13-24)21(29)26(20)19-7-3-2-6-18(19)22/h2-3,6-11H,4-5,12-15H2,1H3. The van der Waals surface area contributed by atoms with Crippen molar-refractivity contribution in [3.63, 3.8) is 0 Å². The van der Waals surface area contributed by atoms with Crippen LogP contribution in [0.3, 0.4) is 0 Å². The van der Waals surface area contributed by atoms with Gasteiger partial charge in [0.15, 0.2) is 5.82 Å². The molecule has 1 saturated heterocycles. The molecule has 0 amide bonds. The number of hydrogen-bond acceptors (Lipinski definition) is 5. The number of para-hydroxylation sites is 1. The quantitative estimate of drug-likeness (QED) is 0.543. The number of rotatable bonds is 7. The van der Waals surface area contributed by atoms with Crippen LogP contribution in [0.2, 0.25) is 0 Å². The van der Waals surface area contributed by atoms with Crippen molar-refractivity contribution in [2.45, 2.75) is 26.1 Å². The highest BCUT2D eigenvalue weighted by atomic mass is 32.1. The summed E-state index contributed by atoms with van der Waals surface area (Å²) >= 11 is 5.65. The summed E-state index contributed by atoms with van der Waals surface area (Å²) < 4.78 is 29.5. The van der Waals surface area contributed by atoms with Crippen molar-refractivity contribution in [1.29, 1.82) is 0 Å². The van der Waals surface area contributed by atoms with Crippen LogP contribution in [-0.4, -0.2) is 39.4 Å². The van der Waals surface area contributed by atoms with E-state index >= 15 is 0 Å². The Balaban J connectivity index is 1.64. The molecule has 3 aromatic rings. The zero-order chi connectivity index (χ0) is 20.2. The molecule has 8 heteroatoms. The van der Waals surface area contributed by atoms with E-state index in [1.165, 1.54) is 18.9 Å². The van der Waals surface area contributed by atoms with Gasteiger partial charge in [-0.2, -0.15) is 5.10 Å². The first kappa shape index (κ1) is 19.6. The molecule has 1 aromatic heterocycles. The van der Waals surface area contributed by atoms with Gasteiger partial charge in [-0.15, -0.1) is 0 Å². The van der Waals surface area contributed by atoms with Gasteiger partial charge in [-0.1, -0.05) is 12.1 Å². The van der Waals surface area contributed by atoms with Gasteiger partial charge in [0.25, 0.3) is 0 Å². The summed E-state index contributed by atoms with van der Waals surface area (Å²) in [4.78, 5) is 2.29. The fourth-order valence-corrected chi connectivity index (χ4v) is 3.75. The molecule has 1 aliphatic rings. The maximum absolute atomic E-state index is 14.5. The van der Waals surface area contributed by atoms with Crippen LogP contribution in [0.25, 0.3) is 5.69 Å². The molecule has 0 radical (unpaired) electrons. The fraction of sp³-hybridized carbons (Fsp3) is 0.333. The van der Waals surface area contributed by atoms with Crippen molar-refractivity contribution in [2.24, 2.45) is 0 Å². The van der Waals surface area contributed by atoms with Crippen LogP contribution < -0.4 is 9.47 Å². The van der Waals surface area contributed by atoms with Crippen molar-refractivity contribution in [3.05, 3.63) is 64.9 Å². The Kier molecular flexibility index (Phi) is 5.92. The third kappa shape index (κ3) is 4.33. The highest BCUT2D eigenvalue weighted by Gasteiger charge is 2.19. The minimum absolute atomic E-state index is 0.164. The Hall–Kier alpha value is -2.71. The zero-order valence-electron chi connectivity index (χ0n) is 16.3. The molecular formula is C21H23FN4O2S. The number of hydrogen-bond donors (Lipinski definition) is 0. The smallest absolute Gasteiger partial charge is 0.204 e. The third-order valence-electron chi connectivity index (χ3n) is 4.96. The van der Waals surface area contributed by atoms with E-state index in [0.717, 1.165) is 18.8 Å². The molecule has 0 aliphatic carbocycles. The fourth-order valence-electron chi connectivity index (χ4n) is 3.45. The van der Waals surface area contributed by atoms with Gasteiger partial charge in [-0.3, -0.25) is 9.47 Å². The van der Waals surface area contributed by atoms with Crippen LogP contribution in [-0.2, 0) is 13.3 Å². The van der Waals surface area contributed by atoms with Crippen LogP contribution in [0, 0.1) is 10.6 Å². The van der Waals surface area contributed by atoms with Gasteiger partial charge in [0.2, 0.25) is 4.77 Å². The third-order valence-corrected chi connectivity index (χ3v) is 5.35. The molecule has 4 rings (SSSR count). The summed E-state index contributed by atoms with van der Waals surface area (Å²) in [6.07, 6.45) is 2.35. The van der Waals surface area contributed by atoms with Gasteiger partial charge in [0.1, 0.15) is 23.9 Å². The molecule has 0 spiro atoms. The SMILES string of the molecule is COc1ccc(OCc2nn(CN3CCCC3)c(=S)n2-c2ccccc2F)cc1. The molecule has 1 fully saturated rings. The summed E-state index contributed by atoms with van der Waals surface area (Å²) in [5.41, 5.74) is 0.374. The first-order valence-electron chi connectivity index (χ1n) is 9.58. The molecule has 1 aliphatic heterocycles. The van der Waals surface area contributed by atoms with E-state index in [1.807, 2.05) is 24.3 Å². The van der Waals surface area contributed by atoms with E-state index in [9.17, 15) is 4.39 Å². The van der Waals surface area contributed by atoms with Crippen molar-refractivity contribution in [3.8, 4) is 17.2 Å². The summed E-state index contributed by atoms with van der Waals surface area (Å²) in [7, 11) is 1.62. The molecular weight excluding hydrogens is 391 g/mol. The molecule has 0 bridgehead atoms. The van der Waals surface area contributed by atoms with Crippen LogP contribution in [0.1, 0.15) is 18.7 Å². The number of likely N-dealkylation sites (tertiary alicyclic amines) is 1. The van der Waals surface area contributed by atoms with Gasteiger partial charge < -0.3 is 9.47 Å². The Bertz CT molecular complexity index is 1030. The van der Waals surface area contributed by atoms with Gasteiger partial charge >= 0.3 is 0 Å². The first-order valence-corrected chi connectivity index (χ1v) is 9.99. The molecule has 0 saturated carbocycles. The van der Waals surface area contributed by atoms with Crippen molar-refractivity contribution in [1.82, 2.24) is 19.2 Å². The second-order valence-electron chi connectivity index (χ2n) is 6.92. The molecule has 0 atom stereocenters. The molecule has 29 heavy (non-hydrogen) atoms. The highest BCUT2D eigenvalue weighted by molar-refractivity contribution is 7.71. The van der Waals surface area contributed by atoms with E-state index in [4.69, 9.17) is 21.7 Å². The molecule has 0 unspecified atom stereocenters. The Morgan fingerprint density at radius 3 is 2.41 bits per heavy atom. The first-order chi connectivity index (χ1) is 14.2. The summed E-state index contributed by atoms with van der Waals surface area (Å²) in [6.45, 7) is 2.80. The van der Waals surface area contributed by atoms with Crippen LogP contribution >= 0.6 is 12.2 Å². The Labute approximate surface area is 174 Å². The topological polar surface area (TPSA) is 44.5 Å². The van der Waals surface area contributed by atoms with Crippen LogP contribution in [0.4, 0.5) is 4.39 Å². The number of aromatic nitrogens is 3. The molecule has 152 valence electrons. The summed E-state index contributed by atoms with van der Waals surface area (Å²) in [5.74, 6) is 1.62. The average molecular weight is 415 g/mol. The van der Waals surface area contributed by atoms with Crippen LogP contribution in [0.5, 0.6) is 11.5 Å². The van der Waals surface area contributed by atoms with Gasteiger partial charge in [-0.05, 0) is 74.5 Å². The van der Waals surface area contributed by atoms with E-state index in [2.05, 4.69) is 10.00 Å². The molecule has 6 nitrogen and oxygen atoms in total. The lowest BCUT2D eigenvalue weighted by atomic mass is 10.3. The number of methoxy groups -OCH3 is 1. The van der Waals surface area contributed by atoms with Crippen molar-refractivity contribution < 1.29 is 13.9 Å². The number of ether oxygens (including phenoxy) is 2. The highest BCUT2D eigenvalue weighted by Crippen LogP contribution is 2.21. The maximum atomic E-state index is 14.5. The molecule has 2 aromatic carbocycles. The van der Waals surface area contributed by atoms with E-state index < -0.39 is 0 Å². The number of nitrogens with zero attached hydrogens (tertiary/aromatic N) is 4. The monoisotopic (exact) mass is 414 g/mol. The Morgan fingerprint density at radius 1 is 1.03 bits per heavy atom. The zero-order valence-corrected chi connectivity index (χ0v) is 17.1. The van der Waals surface area contributed by atoms with E-state index in [1.54, 1.807) is 34.6 Å². The lowest BCUT2D eigenvalue weighted by Crippen LogP contribution is -2.23. The van der Waals surface area contributed by atoms with Gasteiger partial charge in [-0.25, -0.2) is 9.07 Å². The largest absolute Gasteiger partial charge is 0.497 e. The minimum atomic E-state index is -0.352. The summed E-state index contributed by atoms with van der Waals surface area (Å²) in [6, 6.07) is 13.9. The molecule has 0 N–H and O–H groups in total. The van der Waals surface area contributed by atoms with Crippen molar-refractivity contribution >= 4 is 12.2 Å². The second kappa shape index (κ2) is 8.75. The lowest BCUT2D eigenvalue weighted by Gasteiger charge is -2.13. The minimum Gasteiger partial charge on any atom is -0.497 e. The summed E-state index contributed by atoms with van der Waals surface area (Å²) in [5, 5.41) is 4.66. The predicted molar refractivity (Wildman–Crippen MR) is 110 cm³/mol. The molecule has 2 heterocycles. The van der Waals surface area contributed by atoms with Crippen molar-refractivity contribution in [2.75, 3.05) is 20.2 Å². The number of halogens is 1. The normalized spacial score (nSPS) is 14.3. The maximum Gasteiger partial charge on any atom is 0.204 e. The number of benzene rings is 2. The second-order valence-corrected chi connectivity index (χ2v) is 7.28. The van der Waals surface area contributed by atoms with Gasteiger partial charge in [0, 0.05) is 0 Å². The lowest BCUT2D eigenvalue weighted by molar-refractivity contribution is 0.249. The van der Waals surface area contributed by atoms with E-state index in [0.29, 0.717) is 28.7 Å².